The lowest BCUT2D eigenvalue weighted by Gasteiger charge is -2.10. The highest BCUT2D eigenvalue weighted by molar-refractivity contribution is 9.10. The third-order valence-corrected chi connectivity index (χ3v) is 3.21. The molecule has 0 aromatic heterocycles. The summed E-state index contributed by atoms with van der Waals surface area (Å²) in [5.41, 5.74) is 0.195. The van der Waals surface area contributed by atoms with Gasteiger partial charge in [0.25, 0.3) is 0 Å². The number of methoxy groups -OCH3 is 1. The lowest BCUT2D eigenvalue weighted by molar-refractivity contribution is 0.151. The average molecular weight is 275 g/mol. The Hall–Kier alpha value is -0.610. The van der Waals surface area contributed by atoms with Crippen molar-refractivity contribution < 1.29 is 14.2 Å². The number of aliphatic hydroxyl groups is 1. The van der Waals surface area contributed by atoms with E-state index in [0.29, 0.717) is 10.9 Å². The molecule has 0 radical (unpaired) electrons. The molecule has 4 heteroatoms. The average Bonchev–Trinajstić information content (AvgIpc) is 2.82. The fourth-order valence-electron chi connectivity index (χ4n) is 1.61. The van der Waals surface area contributed by atoms with Crippen LogP contribution in [0.5, 0.6) is 5.75 Å². The van der Waals surface area contributed by atoms with Gasteiger partial charge in [-0.15, -0.1) is 0 Å². The summed E-state index contributed by atoms with van der Waals surface area (Å²) in [4.78, 5) is 0. The Labute approximate surface area is 96.2 Å². The van der Waals surface area contributed by atoms with Gasteiger partial charge in [0.05, 0.1) is 17.2 Å². The smallest absolute Gasteiger partial charge is 0.168 e. The minimum atomic E-state index is -0.597. The van der Waals surface area contributed by atoms with E-state index >= 15 is 0 Å². The summed E-state index contributed by atoms with van der Waals surface area (Å²) in [7, 11) is 1.43. The molecule has 1 aliphatic carbocycles. The van der Waals surface area contributed by atoms with Gasteiger partial charge in [0, 0.05) is 6.42 Å². The van der Waals surface area contributed by atoms with E-state index in [1.54, 1.807) is 6.07 Å². The second kappa shape index (κ2) is 3.76. The summed E-state index contributed by atoms with van der Waals surface area (Å²) in [6.45, 7) is 0. The Bertz CT molecular complexity index is 365. The van der Waals surface area contributed by atoms with E-state index in [0.717, 1.165) is 18.4 Å². The summed E-state index contributed by atoms with van der Waals surface area (Å²) >= 11 is 3.24. The SMILES string of the molecule is COc1c(F)cc(CC2(O)CC2)cc1Br. The van der Waals surface area contributed by atoms with Crippen LogP contribution in [0.1, 0.15) is 18.4 Å². The van der Waals surface area contributed by atoms with Crippen molar-refractivity contribution in [3.05, 3.63) is 28.0 Å². The summed E-state index contributed by atoms with van der Waals surface area (Å²) < 4.78 is 18.9. The van der Waals surface area contributed by atoms with Gasteiger partial charge in [0.1, 0.15) is 0 Å². The van der Waals surface area contributed by atoms with Crippen molar-refractivity contribution in [2.75, 3.05) is 7.11 Å². The largest absolute Gasteiger partial charge is 0.492 e. The first-order valence-electron chi connectivity index (χ1n) is 4.78. The molecule has 0 atom stereocenters. The molecule has 1 fully saturated rings. The van der Waals surface area contributed by atoms with Gasteiger partial charge in [0.15, 0.2) is 11.6 Å². The van der Waals surface area contributed by atoms with E-state index in [1.807, 2.05) is 0 Å². The van der Waals surface area contributed by atoms with Crippen LogP contribution < -0.4 is 4.74 Å². The summed E-state index contributed by atoms with van der Waals surface area (Å²) in [6, 6.07) is 3.21. The van der Waals surface area contributed by atoms with Gasteiger partial charge in [-0.1, -0.05) is 0 Å². The summed E-state index contributed by atoms with van der Waals surface area (Å²) in [6.07, 6.45) is 2.11. The van der Waals surface area contributed by atoms with Crippen molar-refractivity contribution in [2.45, 2.75) is 24.9 Å². The number of rotatable bonds is 3. The van der Waals surface area contributed by atoms with Crippen LogP contribution in [0.4, 0.5) is 4.39 Å². The van der Waals surface area contributed by atoms with Crippen LogP contribution in [0.15, 0.2) is 16.6 Å². The topological polar surface area (TPSA) is 29.5 Å². The summed E-state index contributed by atoms with van der Waals surface area (Å²) in [5, 5.41) is 9.72. The Morgan fingerprint density at radius 1 is 1.53 bits per heavy atom. The molecule has 1 saturated carbocycles. The van der Waals surface area contributed by atoms with Gasteiger partial charge in [-0.2, -0.15) is 0 Å². The molecule has 0 bridgehead atoms. The Morgan fingerprint density at radius 2 is 2.20 bits per heavy atom. The van der Waals surface area contributed by atoms with Crippen LogP contribution in [0.2, 0.25) is 0 Å². The Morgan fingerprint density at radius 3 is 2.67 bits per heavy atom. The maximum Gasteiger partial charge on any atom is 0.168 e. The second-order valence-corrected chi connectivity index (χ2v) is 4.85. The van der Waals surface area contributed by atoms with Crippen LogP contribution >= 0.6 is 15.9 Å². The lowest BCUT2D eigenvalue weighted by atomic mass is 10.1. The fourth-order valence-corrected chi connectivity index (χ4v) is 2.26. The van der Waals surface area contributed by atoms with Crippen LogP contribution in [0.25, 0.3) is 0 Å². The van der Waals surface area contributed by atoms with Gasteiger partial charge in [-0.05, 0) is 46.5 Å². The van der Waals surface area contributed by atoms with Crippen LogP contribution in [-0.4, -0.2) is 17.8 Å². The highest BCUT2D eigenvalue weighted by atomic mass is 79.9. The van der Waals surface area contributed by atoms with Gasteiger partial charge in [-0.3, -0.25) is 0 Å². The van der Waals surface area contributed by atoms with Gasteiger partial charge < -0.3 is 9.84 Å². The summed E-state index contributed by atoms with van der Waals surface area (Å²) in [5.74, 6) is -0.187. The zero-order valence-electron chi connectivity index (χ0n) is 8.39. The zero-order valence-corrected chi connectivity index (χ0v) is 9.97. The third kappa shape index (κ3) is 2.32. The molecule has 1 aliphatic rings. The third-order valence-electron chi connectivity index (χ3n) is 2.62. The number of hydrogen-bond acceptors (Lipinski definition) is 2. The molecule has 1 aromatic rings. The maximum atomic E-state index is 13.5. The molecule has 0 heterocycles. The van der Waals surface area contributed by atoms with Crippen molar-refractivity contribution >= 4 is 15.9 Å². The maximum absolute atomic E-state index is 13.5. The van der Waals surface area contributed by atoms with E-state index in [4.69, 9.17) is 4.74 Å². The first-order chi connectivity index (χ1) is 7.04. The monoisotopic (exact) mass is 274 g/mol. The first kappa shape index (κ1) is 10.9. The second-order valence-electron chi connectivity index (χ2n) is 3.99. The van der Waals surface area contributed by atoms with Gasteiger partial charge >= 0.3 is 0 Å². The Kier molecular flexibility index (Phi) is 2.73. The quantitative estimate of drug-likeness (QED) is 0.919. The molecule has 2 nitrogen and oxygen atoms in total. The minimum Gasteiger partial charge on any atom is -0.492 e. The highest BCUT2D eigenvalue weighted by Crippen LogP contribution is 2.39. The van der Waals surface area contributed by atoms with Crippen LogP contribution in [-0.2, 0) is 6.42 Å². The number of benzene rings is 1. The van der Waals surface area contributed by atoms with Gasteiger partial charge in [0.2, 0.25) is 0 Å². The van der Waals surface area contributed by atoms with Gasteiger partial charge in [-0.25, -0.2) is 4.39 Å². The van der Waals surface area contributed by atoms with E-state index in [-0.39, 0.29) is 5.75 Å². The molecule has 2 rings (SSSR count). The van der Waals surface area contributed by atoms with Crippen molar-refractivity contribution in [3.63, 3.8) is 0 Å². The normalized spacial score (nSPS) is 17.6. The molecular weight excluding hydrogens is 263 g/mol. The number of halogens is 2. The Balaban J connectivity index is 2.26. The molecule has 0 aliphatic heterocycles. The predicted molar refractivity (Wildman–Crippen MR) is 58.5 cm³/mol. The van der Waals surface area contributed by atoms with E-state index < -0.39 is 11.4 Å². The zero-order chi connectivity index (χ0) is 11.1. The van der Waals surface area contributed by atoms with E-state index in [9.17, 15) is 9.50 Å². The molecule has 0 unspecified atom stereocenters. The minimum absolute atomic E-state index is 0.210. The van der Waals surface area contributed by atoms with Crippen molar-refractivity contribution in [1.29, 1.82) is 0 Å². The number of hydrogen-bond donors (Lipinski definition) is 1. The van der Waals surface area contributed by atoms with E-state index in [2.05, 4.69) is 15.9 Å². The standard InChI is InChI=1S/C11H12BrFO2/c1-15-10-8(12)4-7(5-9(10)13)6-11(14)2-3-11/h4-5,14H,2-3,6H2,1H3. The van der Waals surface area contributed by atoms with Crippen LogP contribution in [0, 0.1) is 5.82 Å². The van der Waals surface area contributed by atoms with Crippen molar-refractivity contribution in [3.8, 4) is 5.75 Å². The highest BCUT2D eigenvalue weighted by Gasteiger charge is 2.40. The molecular formula is C11H12BrFO2. The van der Waals surface area contributed by atoms with Crippen molar-refractivity contribution in [1.82, 2.24) is 0 Å². The van der Waals surface area contributed by atoms with Crippen LogP contribution in [0.3, 0.4) is 0 Å². The molecule has 1 N–H and O–H groups in total. The molecule has 82 valence electrons. The van der Waals surface area contributed by atoms with E-state index in [1.165, 1.54) is 13.2 Å². The molecule has 1 aromatic carbocycles. The molecule has 0 amide bonds. The van der Waals surface area contributed by atoms with Crippen molar-refractivity contribution in [2.24, 2.45) is 0 Å². The predicted octanol–water partition coefficient (Wildman–Crippen LogP) is 2.66. The first-order valence-corrected chi connectivity index (χ1v) is 5.58. The fraction of sp³-hybridized carbons (Fsp3) is 0.455. The molecule has 0 saturated heterocycles. The lowest BCUT2D eigenvalue weighted by Crippen LogP contribution is -2.11. The number of ether oxygens (including phenoxy) is 1. The molecule has 0 spiro atoms. The molecule has 15 heavy (non-hydrogen) atoms.